The molecule has 1 fully saturated rings. The third kappa shape index (κ3) is 4.12. The van der Waals surface area contributed by atoms with Crippen LogP contribution in [0.2, 0.25) is 0 Å². The molecule has 0 heterocycles. The summed E-state index contributed by atoms with van der Waals surface area (Å²) in [5.74, 6) is 0.325. The standard InChI is InChI=1S/C13H25NO2/c1-10(9-13(2,14)12(15)16)8-11-6-4-3-5-7-11/h10-11H,3-9,14H2,1-2H3,(H,15,16). The average molecular weight is 227 g/mol. The van der Waals surface area contributed by atoms with Gasteiger partial charge < -0.3 is 10.8 Å². The zero-order valence-corrected chi connectivity index (χ0v) is 10.5. The molecule has 3 nitrogen and oxygen atoms in total. The van der Waals surface area contributed by atoms with E-state index >= 15 is 0 Å². The van der Waals surface area contributed by atoms with Crippen LogP contribution in [0.25, 0.3) is 0 Å². The number of carboxylic acids is 1. The number of hydrogen-bond acceptors (Lipinski definition) is 2. The van der Waals surface area contributed by atoms with Crippen molar-refractivity contribution in [1.82, 2.24) is 0 Å². The molecule has 3 N–H and O–H groups in total. The highest BCUT2D eigenvalue weighted by Gasteiger charge is 2.30. The van der Waals surface area contributed by atoms with Crippen LogP contribution >= 0.6 is 0 Å². The minimum atomic E-state index is -1.06. The van der Waals surface area contributed by atoms with Gasteiger partial charge in [0, 0.05) is 0 Å². The van der Waals surface area contributed by atoms with Crippen molar-refractivity contribution in [2.45, 2.75) is 64.3 Å². The molecule has 0 bridgehead atoms. The Balaban J connectivity index is 2.34. The summed E-state index contributed by atoms with van der Waals surface area (Å²) in [4.78, 5) is 10.9. The number of carboxylic acid groups (broad SMARTS) is 1. The van der Waals surface area contributed by atoms with Gasteiger partial charge in [0.05, 0.1) is 0 Å². The van der Waals surface area contributed by atoms with Crippen molar-refractivity contribution in [1.29, 1.82) is 0 Å². The number of carbonyl (C=O) groups is 1. The lowest BCUT2D eigenvalue weighted by Crippen LogP contribution is -2.46. The maximum absolute atomic E-state index is 10.9. The third-order valence-corrected chi connectivity index (χ3v) is 3.72. The van der Waals surface area contributed by atoms with Gasteiger partial charge in [0.25, 0.3) is 0 Å². The molecular formula is C13H25NO2. The van der Waals surface area contributed by atoms with Crippen LogP contribution in [0.15, 0.2) is 0 Å². The summed E-state index contributed by atoms with van der Waals surface area (Å²) in [6.07, 6.45) is 8.41. The first kappa shape index (κ1) is 13.5. The third-order valence-electron chi connectivity index (χ3n) is 3.72. The van der Waals surface area contributed by atoms with Crippen molar-refractivity contribution >= 4 is 5.97 Å². The number of nitrogens with two attached hydrogens (primary N) is 1. The molecule has 3 heteroatoms. The lowest BCUT2D eigenvalue weighted by atomic mass is 9.79. The molecule has 94 valence electrons. The van der Waals surface area contributed by atoms with Crippen LogP contribution < -0.4 is 5.73 Å². The molecule has 0 aromatic rings. The fourth-order valence-corrected chi connectivity index (χ4v) is 2.89. The topological polar surface area (TPSA) is 63.3 Å². The van der Waals surface area contributed by atoms with E-state index in [2.05, 4.69) is 6.92 Å². The summed E-state index contributed by atoms with van der Waals surface area (Å²) in [5, 5.41) is 8.97. The second-order valence-electron chi connectivity index (χ2n) is 5.77. The minimum absolute atomic E-state index is 0.411. The highest BCUT2D eigenvalue weighted by Crippen LogP contribution is 2.31. The van der Waals surface area contributed by atoms with Crippen LogP contribution in [0, 0.1) is 11.8 Å². The van der Waals surface area contributed by atoms with Crippen molar-refractivity contribution in [2.75, 3.05) is 0 Å². The van der Waals surface area contributed by atoms with Crippen LogP contribution in [-0.2, 0) is 4.79 Å². The second kappa shape index (κ2) is 5.67. The van der Waals surface area contributed by atoms with Crippen molar-refractivity contribution < 1.29 is 9.90 Å². The monoisotopic (exact) mass is 227 g/mol. The van der Waals surface area contributed by atoms with E-state index in [0.29, 0.717) is 12.3 Å². The Morgan fingerprint density at radius 3 is 2.50 bits per heavy atom. The molecule has 0 aromatic carbocycles. The first-order chi connectivity index (χ1) is 7.42. The van der Waals surface area contributed by atoms with Gasteiger partial charge in [-0.05, 0) is 31.6 Å². The maximum Gasteiger partial charge on any atom is 0.323 e. The Morgan fingerprint density at radius 2 is 2.00 bits per heavy atom. The van der Waals surface area contributed by atoms with Crippen LogP contribution in [0.1, 0.15) is 58.8 Å². The van der Waals surface area contributed by atoms with Crippen LogP contribution in [-0.4, -0.2) is 16.6 Å². The number of hydrogen-bond donors (Lipinski definition) is 2. The van der Waals surface area contributed by atoms with Crippen molar-refractivity contribution in [3.8, 4) is 0 Å². The van der Waals surface area contributed by atoms with Gasteiger partial charge in [0.15, 0.2) is 0 Å². The molecule has 0 aromatic heterocycles. The lowest BCUT2D eigenvalue weighted by molar-refractivity contribution is -0.143. The predicted octanol–water partition coefficient (Wildman–Crippen LogP) is 2.79. The largest absolute Gasteiger partial charge is 0.480 e. The molecule has 16 heavy (non-hydrogen) atoms. The van der Waals surface area contributed by atoms with E-state index in [-0.39, 0.29) is 0 Å². The summed E-state index contributed by atoms with van der Waals surface area (Å²) in [6.45, 7) is 3.75. The first-order valence-electron chi connectivity index (χ1n) is 6.44. The summed E-state index contributed by atoms with van der Waals surface area (Å²) >= 11 is 0. The van der Waals surface area contributed by atoms with E-state index in [4.69, 9.17) is 10.8 Å². The van der Waals surface area contributed by atoms with Crippen LogP contribution in [0.4, 0.5) is 0 Å². The van der Waals surface area contributed by atoms with E-state index in [1.165, 1.54) is 32.1 Å². The van der Waals surface area contributed by atoms with Gasteiger partial charge in [-0.2, -0.15) is 0 Å². The Labute approximate surface area is 98.4 Å². The van der Waals surface area contributed by atoms with Gasteiger partial charge in [0.2, 0.25) is 0 Å². The Bertz CT molecular complexity index is 232. The number of rotatable bonds is 5. The SMILES string of the molecule is CC(CC1CCCCC1)CC(C)(N)C(=O)O. The number of aliphatic carboxylic acids is 1. The molecule has 1 rings (SSSR count). The zero-order chi connectivity index (χ0) is 12.2. The average Bonchev–Trinajstić information content (AvgIpc) is 2.17. The fourth-order valence-electron chi connectivity index (χ4n) is 2.89. The summed E-state index contributed by atoms with van der Waals surface area (Å²) in [7, 11) is 0. The highest BCUT2D eigenvalue weighted by molar-refractivity contribution is 5.77. The zero-order valence-electron chi connectivity index (χ0n) is 10.5. The second-order valence-corrected chi connectivity index (χ2v) is 5.77. The van der Waals surface area contributed by atoms with Gasteiger partial charge in [-0.25, -0.2) is 0 Å². The summed E-state index contributed by atoms with van der Waals surface area (Å²) in [6, 6.07) is 0. The van der Waals surface area contributed by atoms with E-state index < -0.39 is 11.5 Å². The van der Waals surface area contributed by atoms with Gasteiger partial charge in [-0.3, -0.25) is 4.79 Å². The maximum atomic E-state index is 10.9. The Morgan fingerprint density at radius 1 is 1.44 bits per heavy atom. The molecule has 0 aliphatic heterocycles. The van der Waals surface area contributed by atoms with E-state index in [1.54, 1.807) is 6.92 Å². The van der Waals surface area contributed by atoms with Crippen molar-refractivity contribution in [2.24, 2.45) is 17.6 Å². The molecule has 2 atom stereocenters. The molecule has 1 saturated carbocycles. The van der Waals surface area contributed by atoms with Gasteiger partial charge in [0.1, 0.15) is 5.54 Å². The minimum Gasteiger partial charge on any atom is -0.480 e. The molecule has 1 aliphatic carbocycles. The van der Waals surface area contributed by atoms with Crippen molar-refractivity contribution in [3.63, 3.8) is 0 Å². The Kier molecular flexibility index (Phi) is 4.78. The summed E-state index contributed by atoms with van der Waals surface area (Å²) in [5.41, 5.74) is 4.70. The lowest BCUT2D eigenvalue weighted by Gasteiger charge is -2.28. The highest BCUT2D eigenvalue weighted by atomic mass is 16.4. The Hall–Kier alpha value is -0.570. The predicted molar refractivity (Wildman–Crippen MR) is 65.2 cm³/mol. The van der Waals surface area contributed by atoms with Crippen LogP contribution in [0.5, 0.6) is 0 Å². The van der Waals surface area contributed by atoms with Crippen molar-refractivity contribution in [3.05, 3.63) is 0 Å². The molecule has 0 saturated heterocycles. The fraction of sp³-hybridized carbons (Fsp3) is 0.923. The quantitative estimate of drug-likeness (QED) is 0.759. The van der Waals surface area contributed by atoms with Gasteiger partial charge in [-0.1, -0.05) is 39.0 Å². The molecule has 0 spiro atoms. The van der Waals surface area contributed by atoms with E-state index in [1.807, 2.05) is 0 Å². The normalized spacial score (nSPS) is 23.7. The van der Waals surface area contributed by atoms with E-state index in [0.717, 1.165) is 12.3 Å². The van der Waals surface area contributed by atoms with E-state index in [9.17, 15) is 4.79 Å². The van der Waals surface area contributed by atoms with Gasteiger partial charge >= 0.3 is 5.97 Å². The molecule has 0 radical (unpaired) electrons. The molecular weight excluding hydrogens is 202 g/mol. The first-order valence-corrected chi connectivity index (χ1v) is 6.44. The van der Waals surface area contributed by atoms with Gasteiger partial charge in [-0.15, -0.1) is 0 Å². The van der Waals surface area contributed by atoms with Crippen LogP contribution in [0.3, 0.4) is 0 Å². The summed E-state index contributed by atoms with van der Waals surface area (Å²) < 4.78 is 0. The molecule has 0 amide bonds. The smallest absolute Gasteiger partial charge is 0.323 e. The molecule has 2 unspecified atom stereocenters. The molecule has 1 aliphatic rings.